The third kappa shape index (κ3) is 2.17. The first-order chi connectivity index (χ1) is 9.90. The Bertz CT molecular complexity index is 557. The topological polar surface area (TPSA) is 44.5 Å². The van der Waals surface area contributed by atoms with Gasteiger partial charge in [0.05, 0.1) is 0 Å². The first-order valence-corrected chi connectivity index (χ1v) is 7.45. The van der Waals surface area contributed by atoms with Crippen molar-refractivity contribution in [2.75, 3.05) is 44.2 Å². The molecular weight excluding hydrogens is 252 g/mol. The Morgan fingerprint density at radius 2 is 2.00 bits per heavy atom. The number of nitrogens with zero attached hydrogens (tertiary/aromatic N) is 3. The second kappa shape index (κ2) is 5.07. The van der Waals surface area contributed by atoms with Crippen LogP contribution in [0.25, 0.3) is 11.1 Å². The highest BCUT2D eigenvalue weighted by atomic mass is 16.4. The van der Waals surface area contributed by atoms with E-state index in [-0.39, 0.29) is 0 Å². The quantitative estimate of drug-likeness (QED) is 0.893. The van der Waals surface area contributed by atoms with Crippen LogP contribution in [0, 0.1) is 0 Å². The van der Waals surface area contributed by atoms with Crippen LogP contribution in [0.4, 0.5) is 6.01 Å². The lowest BCUT2D eigenvalue weighted by Gasteiger charge is -2.32. The van der Waals surface area contributed by atoms with E-state index in [2.05, 4.69) is 20.1 Å². The Kier molecular flexibility index (Phi) is 3.09. The van der Waals surface area contributed by atoms with Crippen molar-refractivity contribution in [3.8, 4) is 0 Å². The molecule has 2 aromatic rings. The second-order valence-electron chi connectivity index (χ2n) is 5.64. The van der Waals surface area contributed by atoms with Gasteiger partial charge in [0, 0.05) is 45.3 Å². The van der Waals surface area contributed by atoms with Gasteiger partial charge in [0.25, 0.3) is 6.01 Å². The number of fused-ring (bicyclic) bond motifs is 1. The normalized spacial score (nSPS) is 24.6. The molecule has 0 aliphatic carbocycles. The Hall–Kier alpha value is -1.59. The van der Waals surface area contributed by atoms with Gasteiger partial charge in [0.15, 0.2) is 5.58 Å². The molecule has 0 spiro atoms. The molecule has 2 aliphatic heterocycles. The number of para-hydroxylation sites is 2. The van der Waals surface area contributed by atoms with Gasteiger partial charge < -0.3 is 14.6 Å². The molecule has 0 radical (unpaired) electrons. The summed E-state index contributed by atoms with van der Waals surface area (Å²) in [6, 6.07) is 9.41. The molecule has 3 heterocycles. The number of hydrogen-bond acceptors (Lipinski definition) is 5. The lowest BCUT2D eigenvalue weighted by molar-refractivity contribution is 0.185. The predicted molar refractivity (Wildman–Crippen MR) is 79.1 cm³/mol. The fourth-order valence-corrected chi connectivity index (χ4v) is 3.26. The number of rotatable bonds is 2. The molecule has 1 N–H and O–H groups in total. The summed E-state index contributed by atoms with van der Waals surface area (Å²) in [6.45, 7) is 6.62. The Morgan fingerprint density at radius 3 is 2.85 bits per heavy atom. The lowest BCUT2D eigenvalue weighted by Crippen LogP contribution is -2.49. The van der Waals surface area contributed by atoms with Crippen LogP contribution in [0.1, 0.15) is 6.42 Å². The average Bonchev–Trinajstić information content (AvgIpc) is 3.14. The summed E-state index contributed by atoms with van der Waals surface area (Å²) in [5, 5.41) is 3.41. The van der Waals surface area contributed by atoms with Crippen LogP contribution < -0.4 is 10.2 Å². The van der Waals surface area contributed by atoms with Crippen molar-refractivity contribution in [3.63, 3.8) is 0 Å². The molecular formula is C15H20N4O. The standard InChI is InChI=1S/C15H20N4O/c1-2-4-14-13(3-1)17-15(20-14)19-8-5-12(11-19)18-9-6-16-7-10-18/h1-4,12,16H,5-11H2. The first kappa shape index (κ1) is 12.2. The number of piperazine rings is 1. The fourth-order valence-electron chi connectivity index (χ4n) is 3.26. The summed E-state index contributed by atoms with van der Waals surface area (Å²) in [6.07, 6.45) is 1.21. The number of anilines is 1. The maximum Gasteiger partial charge on any atom is 0.298 e. The molecule has 20 heavy (non-hydrogen) atoms. The number of oxazole rings is 1. The van der Waals surface area contributed by atoms with Gasteiger partial charge in [-0.15, -0.1) is 0 Å². The zero-order valence-electron chi connectivity index (χ0n) is 11.6. The van der Waals surface area contributed by atoms with E-state index in [1.54, 1.807) is 0 Å². The smallest absolute Gasteiger partial charge is 0.298 e. The Balaban J connectivity index is 1.49. The minimum absolute atomic E-state index is 0.645. The first-order valence-electron chi connectivity index (χ1n) is 7.45. The van der Waals surface area contributed by atoms with Gasteiger partial charge in [0.2, 0.25) is 0 Å². The Labute approximate surface area is 118 Å². The van der Waals surface area contributed by atoms with Crippen LogP contribution in [0.15, 0.2) is 28.7 Å². The third-order valence-electron chi connectivity index (χ3n) is 4.38. The summed E-state index contributed by atoms with van der Waals surface area (Å²) in [4.78, 5) is 9.48. The van der Waals surface area contributed by atoms with Crippen LogP contribution in [0.2, 0.25) is 0 Å². The molecule has 1 aromatic heterocycles. The predicted octanol–water partition coefficient (Wildman–Crippen LogP) is 1.31. The maximum absolute atomic E-state index is 5.87. The molecule has 1 unspecified atom stereocenters. The minimum Gasteiger partial charge on any atom is -0.423 e. The van der Waals surface area contributed by atoms with E-state index in [4.69, 9.17) is 4.42 Å². The number of aromatic nitrogens is 1. The summed E-state index contributed by atoms with van der Waals surface area (Å²) >= 11 is 0. The summed E-state index contributed by atoms with van der Waals surface area (Å²) in [5.41, 5.74) is 1.83. The zero-order valence-corrected chi connectivity index (χ0v) is 11.6. The van der Waals surface area contributed by atoms with Crippen LogP contribution >= 0.6 is 0 Å². The van der Waals surface area contributed by atoms with E-state index < -0.39 is 0 Å². The zero-order chi connectivity index (χ0) is 13.4. The molecule has 0 bridgehead atoms. The van der Waals surface area contributed by atoms with Crippen molar-refractivity contribution in [1.29, 1.82) is 0 Å². The van der Waals surface area contributed by atoms with Crippen molar-refractivity contribution < 1.29 is 4.42 Å². The molecule has 1 atom stereocenters. The number of benzene rings is 1. The van der Waals surface area contributed by atoms with Gasteiger partial charge in [-0.1, -0.05) is 12.1 Å². The molecule has 5 heteroatoms. The van der Waals surface area contributed by atoms with E-state index in [9.17, 15) is 0 Å². The van der Waals surface area contributed by atoms with Gasteiger partial charge in [0.1, 0.15) is 5.52 Å². The summed E-state index contributed by atoms with van der Waals surface area (Å²) in [7, 11) is 0. The van der Waals surface area contributed by atoms with Crippen molar-refractivity contribution in [2.45, 2.75) is 12.5 Å². The van der Waals surface area contributed by atoms with Gasteiger partial charge in [-0.05, 0) is 18.6 Å². The molecule has 1 aromatic carbocycles. The molecule has 0 saturated carbocycles. The van der Waals surface area contributed by atoms with Crippen molar-refractivity contribution in [1.82, 2.24) is 15.2 Å². The summed E-state index contributed by atoms with van der Waals surface area (Å²) in [5.74, 6) is 0. The molecule has 0 amide bonds. The molecule has 2 fully saturated rings. The monoisotopic (exact) mass is 272 g/mol. The van der Waals surface area contributed by atoms with Gasteiger partial charge >= 0.3 is 0 Å². The Morgan fingerprint density at radius 1 is 1.15 bits per heavy atom. The molecule has 2 aliphatic rings. The van der Waals surface area contributed by atoms with Crippen molar-refractivity contribution in [2.24, 2.45) is 0 Å². The second-order valence-corrected chi connectivity index (χ2v) is 5.64. The average molecular weight is 272 g/mol. The fraction of sp³-hybridized carbons (Fsp3) is 0.533. The highest BCUT2D eigenvalue weighted by molar-refractivity contribution is 5.74. The van der Waals surface area contributed by atoms with Crippen LogP contribution in [0.3, 0.4) is 0 Å². The third-order valence-corrected chi connectivity index (χ3v) is 4.38. The molecule has 5 nitrogen and oxygen atoms in total. The maximum atomic E-state index is 5.87. The number of nitrogens with one attached hydrogen (secondary N) is 1. The summed E-state index contributed by atoms with van der Waals surface area (Å²) < 4.78 is 5.87. The number of hydrogen-bond donors (Lipinski definition) is 1. The SMILES string of the molecule is c1ccc2oc(N3CCC(N4CCNCC4)C3)nc2c1. The van der Waals surface area contributed by atoms with Crippen LogP contribution in [-0.4, -0.2) is 55.2 Å². The highest BCUT2D eigenvalue weighted by Gasteiger charge is 2.30. The molecule has 4 rings (SSSR count). The van der Waals surface area contributed by atoms with Gasteiger partial charge in [-0.25, -0.2) is 0 Å². The van der Waals surface area contributed by atoms with Crippen LogP contribution in [0.5, 0.6) is 0 Å². The van der Waals surface area contributed by atoms with E-state index >= 15 is 0 Å². The molecule has 106 valence electrons. The van der Waals surface area contributed by atoms with E-state index in [1.165, 1.54) is 6.42 Å². The molecule has 2 saturated heterocycles. The van der Waals surface area contributed by atoms with Crippen molar-refractivity contribution >= 4 is 17.1 Å². The minimum atomic E-state index is 0.645. The van der Waals surface area contributed by atoms with E-state index in [1.807, 2.05) is 24.3 Å². The van der Waals surface area contributed by atoms with Crippen molar-refractivity contribution in [3.05, 3.63) is 24.3 Å². The van der Waals surface area contributed by atoms with Gasteiger partial charge in [-0.2, -0.15) is 4.98 Å². The van der Waals surface area contributed by atoms with Crippen LogP contribution in [-0.2, 0) is 0 Å². The van der Waals surface area contributed by atoms with Gasteiger partial charge in [-0.3, -0.25) is 4.90 Å². The van der Waals surface area contributed by atoms with E-state index in [0.29, 0.717) is 6.04 Å². The lowest BCUT2D eigenvalue weighted by atomic mass is 10.2. The van der Waals surface area contributed by atoms with E-state index in [0.717, 1.165) is 56.4 Å². The largest absolute Gasteiger partial charge is 0.423 e. The highest BCUT2D eigenvalue weighted by Crippen LogP contribution is 2.26.